The van der Waals surface area contributed by atoms with Gasteiger partial charge in [0.2, 0.25) is 0 Å². The van der Waals surface area contributed by atoms with Gasteiger partial charge in [-0.25, -0.2) is 0 Å². The number of benzene rings is 2. The largest absolute Gasteiger partial charge is 0.341 e. The number of aryl methyl sites for hydroxylation is 1. The highest BCUT2D eigenvalue weighted by Crippen LogP contribution is 2.51. The van der Waals surface area contributed by atoms with Crippen molar-refractivity contribution in [2.24, 2.45) is 0 Å². The molecule has 2 nitrogen and oxygen atoms in total. The van der Waals surface area contributed by atoms with Crippen molar-refractivity contribution in [1.29, 1.82) is 0 Å². The smallest absolute Gasteiger partial charge is 0.0448 e. The quantitative estimate of drug-likeness (QED) is 0.490. The van der Waals surface area contributed by atoms with Gasteiger partial charge in [0.15, 0.2) is 0 Å². The molecular formula is C26H28N2S. The van der Waals surface area contributed by atoms with Crippen LogP contribution in [-0.4, -0.2) is 31.1 Å². The molecule has 6 rings (SSSR count). The summed E-state index contributed by atoms with van der Waals surface area (Å²) in [5.41, 5.74) is 7.67. The molecule has 3 aromatic rings. The number of hydrogen-bond acceptors (Lipinski definition) is 3. The molecule has 2 aromatic carbocycles. The number of thiophene rings is 1. The highest BCUT2D eigenvalue weighted by molar-refractivity contribution is 7.20. The Hall–Kier alpha value is -2.10. The van der Waals surface area contributed by atoms with Crippen LogP contribution in [0.3, 0.4) is 0 Å². The van der Waals surface area contributed by atoms with E-state index in [-0.39, 0.29) is 0 Å². The lowest BCUT2D eigenvalue weighted by molar-refractivity contribution is 0.234. The lowest BCUT2D eigenvalue weighted by Crippen LogP contribution is -2.44. The maximum atomic E-state index is 2.78. The summed E-state index contributed by atoms with van der Waals surface area (Å²) in [5, 5.41) is 1.39. The van der Waals surface area contributed by atoms with E-state index >= 15 is 0 Å². The van der Waals surface area contributed by atoms with E-state index in [9.17, 15) is 0 Å². The molecule has 0 N–H and O–H groups in total. The van der Waals surface area contributed by atoms with Gasteiger partial charge < -0.3 is 9.80 Å². The van der Waals surface area contributed by atoms with Crippen LogP contribution in [0.15, 0.2) is 54.2 Å². The monoisotopic (exact) mass is 400 g/mol. The van der Waals surface area contributed by atoms with Crippen LogP contribution in [0.4, 0.5) is 5.69 Å². The molecule has 1 aromatic heterocycles. The maximum absolute atomic E-state index is 2.78. The Morgan fingerprint density at radius 3 is 2.83 bits per heavy atom. The van der Waals surface area contributed by atoms with Crippen LogP contribution in [0, 0.1) is 6.92 Å². The molecule has 0 bridgehead atoms. The zero-order chi connectivity index (χ0) is 19.5. The Bertz CT molecular complexity index is 1090. The van der Waals surface area contributed by atoms with Gasteiger partial charge in [0.05, 0.1) is 0 Å². The topological polar surface area (TPSA) is 6.48 Å². The first kappa shape index (κ1) is 17.7. The summed E-state index contributed by atoms with van der Waals surface area (Å²) in [6, 6.07) is 19.1. The number of rotatable bonds is 2. The SMILES string of the molecule is Cc1ccc2c(c1)C1CN(C)CCC1N2C1=C(c2cc3ccccc3s2)CCC1. The summed E-state index contributed by atoms with van der Waals surface area (Å²) in [5.74, 6) is 0.639. The Morgan fingerprint density at radius 1 is 1.03 bits per heavy atom. The van der Waals surface area contributed by atoms with Crippen LogP contribution >= 0.6 is 11.3 Å². The van der Waals surface area contributed by atoms with Crippen LogP contribution in [-0.2, 0) is 0 Å². The molecule has 1 aliphatic carbocycles. The molecule has 148 valence electrons. The van der Waals surface area contributed by atoms with Gasteiger partial charge in [0.25, 0.3) is 0 Å². The van der Waals surface area contributed by atoms with E-state index in [1.54, 1.807) is 16.8 Å². The van der Waals surface area contributed by atoms with Crippen molar-refractivity contribution >= 4 is 32.7 Å². The third-order valence-electron chi connectivity index (χ3n) is 7.16. The zero-order valence-electron chi connectivity index (χ0n) is 17.3. The van der Waals surface area contributed by atoms with Gasteiger partial charge in [0.1, 0.15) is 0 Å². The van der Waals surface area contributed by atoms with Gasteiger partial charge in [-0.2, -0.15) is 0 Å². The van der Waals surface area contributed by atoms with Crippen LogP contribution in [0.1, 0.15) is 47.6 Å². The van der Waals surface area contributed by atoms with Crippen LogP contribution < -0.4 is 4.90 Å². The average molecular weight is 401 g/mol. The molecule has 1 saturated heterocycles. The number of piperidine rings is 1. The Kier molecular flexibility index (Phi) is 4.11. The molecular weight excluding hydrogens is 372 g/mol. The minimum Gasteiger partial charge on any atom is -0.341 e. The van der Waals surface area contributed by atoms with Crippen molar-refractivity contribution < 1.29 is 0 Å². The molecule has 0 radical (unpaired) electrons. The van der Waals surface area contributed by atoms with E-state index in [2.05, 4.69) is 72.3 Å². The van der Waals surface area contributed by atoms with Crippen LogP contribution in [0.5, 0.6) is 0 Å². The third kappa shape index (κ3) is 2.78. The number of anilines is 1. The lowest BCUT2D eigenvalue weighted by atomic mass is 9.88. The number of hydrogen-bond donors (Lipinski definition) is 0. The number of likely N-dealkylation sites (tertiary alicyclic amines) is 1. The molecule has 0 spiro atoms. The van der Waals surface area contributed by atoms with Gasteiger partial charge in [-0.05, 0) is 80.9 Å². The third-order valence-corrected chi connectivity index (χ3v) is 8.33. The van der Waals surface area contributed by atoms with Gasteiger partial charge in [-0.15, -0.1) is 11.3 Å². The molecule has 0 amide bonds. The van der Waals surface area contributed by atoms with E-state index < -0.39 is 0 Å². The second-order valence-corrected chi connectivity index (χ2v) is 10.2. The van der Waals surface area contributed by atoms with Crippen molar-refractivity contribution in [2.45, 2.75) is 44.6 Å². The van der Waals surface area contributed by atoms with Crippen molar-refractivity contribution in [3.63, 3.8) is 0 Å². The standard InChI is InChI=1S/C26H28N2S/c1-17-10-11-23-20(14-17)21-16-27(2)13-12-24(21)28(23)22-8-5-7-19(22)26-15-18-6-3-4-9-25(18)29-26/h3-4,6,9-11,14-15,21,24H,5,7-8,12-13,16H2,1-2H3. The second-order valence-electron chi connectivity index (χ2n) is 9.08. The molecule has 1 fully saturated rings. The summed E-state index contributed by atoms with van der Waals surface area (Å²) >= 11 is 1.98. The summed E-state index contributed by atoms with van der Waals surface area (Å²) in [6.07, 6.45) is 4.99. The van der Waals surface area contributed by atoms with Crippen molar-refractivity contribution in [1.82, 2.24) is 4.90 Å². The first-order valence-electron chi connectivity index (χ1n) is 11.0. The number of nitrogens with zero attached hydrogens (tertiary/aromatic N) is 2. The normalized spacial score (nSPS) is 24.4. The molecule has 2 atom stereocenters. The minimum absolute atomic E-state index is 0.625. The van der Waals surface area contributed by atoms with Crippen LogP contribution in [0.25, 0.3) is 15.7 Å². The first-order valence-corrected chi connectivity index (χ1v) is 11.8. The first-order chi connectivity index (χ1) is 14.2. The lowest BCUT2D eigenvalue weighted by Gasteiger charge is -2.38. The van der Waals surface area contributed by atoms with E-state index in [4.69, 9.17) is 0 Å². The summed E-state index contributed by atoms with van der Waals surface area (Å²) < 4.78 is 1.41. The average Bonchev–Trinajstić information content (AvgIpc) is 3.42. The Labute approximate surface area is 177 Å². The van der Waals surface area contributed by atoms with E-state index in [1.807, 2.05) is 11.3 Å². The fourth-order valence-corrected chi connectivity index (χ4v) is 6.98. The molecule has 29 heavy (non-hydrogen) atoms. The minimum atomic E-state index is 0.625. The van der Waals surface area contributed by atoms with Crippen LogP contribution in [0.2, 0.25) is 0 Å². The number of allylic oxidation sites excluding steroid dienone is 2. The Morgan fingerprint density at radius 2 is 1.93 bits per heavy atom. The van der Waals surface area contributed by atoms with Crippen molar-refractivity contribution in [3.8, 4) is 0 Å². The van der Waals surface area contributed by atoms with E-state index in [1.165, 1.54) is 65.0 Å². The predicted molar refractivity (Wildman–Crippen MR) is 125 cm³/mol. The van der Waals surface area contributed by atoms with Gasteiger partial charge in [-0.1, -0.05) is 35.9 Å². The fourth-order valence-electron chi connectivity index (χ4n) is 5.82. The van der Waals surface area contributed by atoms with Gasteiger partial charge in [-0.3, -0.25) is 0 Å². The van der Waals surface area contributed by atoms with E-state index in [0.717, 1.165) is 0 Å². The maximum Gasteiger partial charge on any atom is 0.0448 e. The molecule has 3 aliphatic rings. The Balaban J connectivity index is 1.50. The molecule has 2 unspecified atom stereocenters. The number of fused-ring (bicyclic) bond motifs is 4. The van der Waals surface area contributed by atoms with Gasteiger partial charge >= 0.3 is 0 Å². The van der Waals surface area contributed by atoms with Gasteiger partial charge in [0, 0.05) is 39.5 Å². The highest BCUT2D eigenvalue weighted by Gasteiger charge is 2.43. The highest BCUT2D eigenvalue weighted by atomic mass is 32.1. The zero-order valence-corrected chi connectivity index (χ0v) is 18.1. The van der Waals surface area contributed by atoms with E-state index in [0.29, 0.717) is 12.0 Å². The number of likely N-dealkylation sites (N-methyl/N-ethyl adjacent to an activating group) is 1. The molecule has 2 aliphatic heterocycles. The summed E-state index contributed by atoms with van der Waals surface area (Å²) in [7, 11) is 2.28. The van der Waals surface area contributed by atoms with Crippen molar-refractivity contribution in [2.75, 3.05) is 25.0 Å². The summed E-state index contributed by atoms with van der Waals surface area (Å²) in [6.45, 7) is 4.63. The second kappa shape index (κ2) is 6.72. The summed E-state index contributed by atoms with van der Waals surface area (Å²) in [4.78, 5) is 6.79. The molecule has 3 heterocycles. The predicted octanol–water partition coefficient (Wildman–Crippen LogP) is 6.41. The fraction of sp³-hybridized carbons (Fsp3) is 0.385. The molecule has 0 saturated carbocycles. The molecule has 3 heteroatoms. The van der Waals surface area contributed by atoms with Crippen molar-refractivity contribution in [3.05, 3.63) is 70.2 Å².